The topological polar surface area (TPSA) is 34.6 Å². The third-order valence-electron chi connectivity index (χ3n) is 4.88. The van der Waals surface area contributed by atoms with Gasteiger partial charge in [-0.2, -0.15) is 0 Å². The zero-order valence-electron chi connectivity index (χ0n) is 13.7. The van der Waals surface area contributed by atoms with Crippen LogP contribution in [0.25, 0.3) is 28.1 Å². The Kier molecular flexibility index (Phi) is 2.65. The summed E-state index contributed by atoms with van der Waals surface area (Å²) in [5, 5.41) is 0. The Morgan fingerprint density at radius 1 is 1.08 bits per heavy atom. The van der Waals surface area contributed by atoms with Gasteiger partial charge in [-0.3, -0.25) is 4.57 Å². The molecule has 0 radical (unpaired) electrons. The van der Waals surface area contributed by atoms with Crippen molar-refractivity contribution in [2.45, 2.75) is 13.3 Å². The smallest absolute Gasteiger partial charge is 0.212 e. The van der Waals surface area contributed by atoms with Gasteiger partial charge in [-0.05, 0) is 42.3 Å². The zero-order valence-corrected chi connectivity index (χ0v) is 13.7. The summed E-state index contributed by atoms with van der Waals surface area (Å²) in [5.41, 5.74) is 8.33. The summed E-state index contributed by atoms with van der Waals surface area (Å²) in [4.78, 5) is 9.13. The average Bonchev–Trinajstić information content (AvgIpc) is 3.11. The molecule has 0 atom stereocenters. The molecule has 0 spiro atoms. The summed E-state index contributed by atoms with van der Waals surface area (Å²) in [6.45, 7) is 2.18. The number of imidazole rings is 1. The van der Waals surface area contributed by atoms with Gasteiger partial charge < -0.3 is 0 Å². The molecule has 4 heteroatoms. The highest BCUT2D eigenvalue weighted by Gasteiger charge is 2.28. The highest BCUT2D eigenvalue weighted by atomic mass is 15.1. The molecule has 4 nitrogen and oxygen atoms in total. The van der Waals surface area contributed by atoms with Gasteiger partial charge in [0.1, 0.15) is 12.9 Å². The fourth-order valence-corrected chi connectivity index (χ4v) is 3.79. The van der Waals surface area contributed by atoms with Crippen LogP contribution in [-0.2, 0) is 13.5 Å². The minimum Gasteiger partial charge on any atom is -0.294 e. The highest BCUT2D eigenvalue weighted by Crippen LogP contribution is 2.38. The minimum atomic E-state index is 0.825. The normalized spacial score (nSPS) is 12.4. The van der Waals surface area contributed by atoms with E-state index in [0.717, 1.165) is 23.4 Å². The van der Waals surface area contributed by atoms with E-state index in [9.17, 15) is 0 Å². The number of fused-ring (bicyclic) bond motifs is 5. The van der Waals surface area contributed by atoms with E-state index >= 15 is 0 Å². The Morgan fingerprint density at radius 3 is 2.88 bits per heavy atom. The largest absolute Gasteiger partial charge is 0.294 e. The van der Waals surface area contributed by atoms with Crippen molar-refractivity contribution in [2.24, 2.45) is 7.05 Å². The molecule has 0 bridgehead atoms. The summed E-state index contributed by atoms with van der Waals surface area (Å²) >= 11 is 0. The van der Waals surface area contributed by atoms with Crippen molar-refractivity contribution in [3.05, 3.63) is 71.8 Å². The van der Waals surface area contributed by atoms with Crippen LogP contribution < -0.4 is 4.57 Å². The molecule has 1 aromatic carbocycles. The van der Waals surface area contributed by atoms with Crippen LogP contribution >= 0.6 is 0 Å². The van der Waals surface area contributed by atoms with E-state index in [1.165, 1.54) is 28.1 Å². The standard InChI is InChI=1S/C20H17N4/c1-13-8-9-15-14(19(13)16-6-3-4-11-23(16)2)12-18-22-20-17(24(15)18)7-5-10-21-20/h3-11H,12H2,1-2H3/q+1. The Morgan fingerprint density at radius 2 is 2.00 bits per heavy atom. The number of nitrogens with zero attached hydrogens (tertiary/aromatic N) is 4. The van der Waals surface area contributed by atoms with Crippen LogP contribution in [0.4, 0.5) is 0 Å². The maximum absolute atomic E-state index is 4.74. The predicted octanol–water partition coefficient (Wildman–Crippen LogP) is 3.12. The Balaban J connectivity index is 1.83. The average molecular weight is 313 g/mol. The molecule has 0 N–H and O–H groups in total. The van der Waals surface area contributed by atoms with Crippen LogP contribution in [-0.4, -0.2) is 14.5 Å². The molecule has 0 unspecified atom stereocenters. The number of rotatable bonds is 1. The van der Waals surface area contributed by atoms with Gasteiger partial charge in [0.25, 0.3) is 0 Å². The maximum atomic E-state index is 4.74. The first kappa shape index (κ1) is 13.4. The van der Waals surface area contributed by atoms with Crippen molar-refractivity contribution >= 4 is 11.2 Å². The van der Waals surface area contributed by atoms with Gasteiger partial charge in [-0.25, -0.2) is 14.5 Å². The molecule has 4 heterocycles. The van der Waals surface area contributed by atoms with Crippen LogP contribution in [0.1, 0.15) is 17.0 Å². The molecule has 4 aromatic rings. The maximum Gasteiger partial charge on any atom is 0.212 e. The van der Waals surface area contributed by atoms with E-state index in [1.807, 2.05) is 6.07 Å². The monoisotopic (exact) mass is 313 g/mol. The molecule has 0 amide bonds. The van der Waals surface area contributed by atoms with Gasteiger partial charge >= 0.3 is 0 Å². The number of hydrogen-bond donors (Lipinski definition) is 0. The van der Waals surface area contributed by atoms with Crippen molar-refractivity contribution < 1.29 is 4.57 Å². The van der Waals surface area contributed by atoms with E-state index in [0.29, 0.717) is 0 Å². The summed E-state index contributed by atoms with van der Waals surface area (Å²) in [6, 6.07) is 14.8. The van der Waals surface area contributed by atoms with Gasteiger partial charge in [0.15, 0.2) is 11.8 Å². The van der Waals surface area contributed by atoms with Crippen molar-refractivity contribution in [3.63, 3.8) is 0 Å². The first-order chi connectivity index (χ1) is 11.7. The van der Waals surface area contributed by atoms with Crippen LogP contribution in [0.15, 0.2) is 54.9 Å². The van der Waals surface area contributed by atoms with Crippen LogP contribution in [0.2, 0.25) is 0 Å². The molecule has 116 valence electrons. The van der Waals surface area contributed by atoms with Gasteiger partial charge in [-0.1, -0.05) is 6.07 Å². The van der Waals surface area contributed by atoms with Gasteiger partial charge in [0, 0.05) is 24.8 Å². The van der Waals surface area contributed by atoms with Crippen molar-refractivity contribution in [3.8, 4) is 16.9 Å². The second-order valence-electron chi connectivity index (χ2n) is 6.34. The Labute approximate surface area is 140 Å². The van der Waals surface area contributed by atoms with Crippen LogP contribution in [0.5, 0.6) is 0 Å². The van der Waals surface area contributed by atoms with Crippen molar-refractivity contribution in [2.75, 3.05) is 0 Å². The van der Waals surface area contributed by atoms with E-state index < -0.39 is 0 Å². The van der Waals surface area contributed by atoms with E-state index in [4.69, 9.17) is 4.98 Å². The number of aromatic nitrogens is 4. The lowest BCUT2D eigenvalue weighted by Gasteiger charge is -2.11. The molecule has 5 rings (SSSR count). The van der Waals surface area contributed by atoms with Gasteiger partial charge in [0.05, 0.1) is 16.8 Å². The van der Waals surface area contributed by atoms with E-state index in [1.54, 1.807) is 6.20 Å². The number of aryl methyl sites for hydroxylation is 2. The lowest BCUT2D eigenvalue weighted by atomic mass is 9.96. The quantitative estimate of drug-likeness (QED) is 0.446. The molecular weight excluding hydrogens is 296 g/mol. The lowest BCUT2D eigenvalue weighted by molar-refractivity contribution is -0.660. The molecule has 24 heavy (non-hydrogen) atoms. The first-order valence-electron chi connectivity index (χ1n) is 8.14. The molecule has 0 saturated heterocycles. The van der Waals surface area contributed by atoms with Crippen molar-refractivity contribution in [1.29, 1.82) is 0 Å². The Bertz CT molecular complexity index is 1110. The van der Waals surface area contributed by atoms with E-state index in [2.05, 4.69) is 70.7 Å². The predicted molar refractivity (Wildman–Crippen MR) is 93.0 cm³/mol. The van der Waals surface area contributed by atoms with Crippen LogP contribution in [0, 0.1) is 6.92 Å². The third-order valence-corrected chi connectivity index (χ3v) is 4.88. The SMILES string of the molecule is Cc1ccc2c(c1-c1cccc[n+]1C)Cc1nc3ncccc3n1-2. The minimum absolute atomic E-state index is 0.825. The second kappa shape index (κ2) is 4.74. The Hall–Kier alpha value is -3.01. The molecular formula is C20H17N4+. The van der Waals surface area contributed by atoms with Gasteiger partial charge in [0.2, 0.25) is 5.69 Å². The lowest BCUT2D eigenvalue weighted by Crippen LogP contribution is -2.30. The molecule has 0 aliphatic carbocycles. The molecule has 1 aliphatic rings. The molecule has 0 saturated carbocycles. The zero-order chi connectivity index (χ0) is 16.3. The number of hydrogen-bond acceptors (Lipinski definition) is 2. The fourth-order valence-electron chi connectivity index (χ4n) is 3.79. The molecule has 0 fully saturated rings. The van der Waals surface area contributed by atoms with Crippen molar-refractivity contribution in [1.82, 2.24) is 14.5 Å². The fraction of sp³-hybridized carbons (Fsp3) is 0.150. The summed E-state index contributed by atoms with van der Waals surface area (Å²) in [6.07, 6.45) is 4.75. The van der Waals surface area contributed by atoms with E-state index in [-0.39, 0.29) is 0 Å². The molecule has 3 aromatic heterocycles. The highest BCUT2D eigenvalue weighted by molar-refractivity contribution is 5.80. The first-order valence-corrected chi connectivity index (χ1v) is 8.14. The summed E-state index contributed by atoms with van der Waals surface area (Å²) in [7, 11) is 2.10. The van der Waals surface area contributed by atoms with Crippen LogP contribution in [0.3, 0.4) is 0 Å². The second-order valence-corrected chi connectivity index (χ2v) is 6.34. The number of pyridine rings is 2. The molecule has 1 aliphatic heterocycles. The summed E-state index contributed by atoms with van der Waals surface area (Å²) in [5.74, 6) is 1.07. The van der Waals surface area contributed by atoms with Gasteiger partial charge in [-0.15, -0.1) is 0 Å². The summed E-state index contributed by atoms with van der Waals surface area (Å²) < 4.78 is 4.44. The third kappa shape index (κ3) is 1.71. The number of benzene rings is 1.